The molecule has 0 bridgehead atoms. The molecule has 5 aliphatic rings. The van der Waals surface area contributed by atoms with E-state index in [2.05, 4.69) is 0 Å². The summed E-state index contributed by atoms with van der Waals surface area (Å²) in [5.41, 5.74) is 0.408. The summed E-state index contributed by atoms with van der Waals surface area (Å²) in [5, 5.41) is 154. The molecule has 5 saturated heterocycles. The molecule has 5 fully saturated rings. The van der Waals surface area contributed by atoms with Gasteiger partial charge in [-0.15, -0.1) is 0 Å². The average molecular weight is 1340 g/mol. The van der Waals surface area contributed by atoms with Gasteiger partial charge in [0.1, 0.15) is 129 Å². The van der Waals surface area contributed by atoms with Crippen LogP contribution in [0.3, 0.4) is 0 Å². The van der Waals surface area contributed by atoms with E-state index in [0.29, 0.717) is 5.56 Å². The van der Waals surface area contributed by atoms with Crippen molar-refractivity contribution in [1.82, 2.24) is 0 Å². The number of phenolic OH excluding ortho intramolecular Hbond substituents is 2. The fourth-order valence-electron chi connectivity index (χ4n) is 10.5. The van der Waals surface area contributed by atoms with Crippen LogP contribution in [0.15, 0.2) is 84.9 Å². The van der Waals surface area contributed by atoms with Gasteiger partial charge >= 0.3 is 29.8 Å². The molecular weight excluding hydrogens is 1260 g/mol. The Bertz CT molecular complexity index is 3060. The lowest BCUT2D eigenvalue weighted by Gasteiger charge is -2.51. The van der Waals surface area contributed by atoms with Crippen LogP contribution in [0.1, 0.15) is 35.3 Å². The molecule has 0 saturated carbocycles. The number of hydrogen-bond acceptors (Lipinski definition) is 34. The maximum absolute atomic E-state index is 14.4. The number of hydrogen-bond donors (Lipinski definition) is 14. The summed E-state index contributed by atoms with van der Waals surface area (Å²) in [6.07, 6.45) is -45.8. The molecule has 518 valence electrons. The summed E-state index contributed by atoms with van der Waals surface area (Å²) < 4.78 is 89.0. The van der Waals surface area contributed by atoms with E-state index in [9.17, 15) is 95.5 Å². The number of ether oxygens (including phenoxy) is 15. The van der Waals surface area contributed by atoms with Crippen LogP contribution in [-0.2, 0) is 85.5 Å². The highest BCUT2D eigenvalue weighted by Crippen LogP contribution is 2.43. The van der Waals surface area contributed by atoms with Crippen molar-refractivity contribution in [1.29, 1.82) is 0 Å². The third kappa shape index (κ3) is 17.4. The van der Waals surface area contributed by atoms with Gasteiger partial charge in [-0.25, -0.2) is 14.4 Å². The van der Waals surface area contributed by atoms with Gasteiger partial charge in [-0.3, -0.25) is 9.59 Å². The second-order valence-electron chi connectivity index (χ2n) is 22.0. The van der Waals surface area contributed by atoms with Crippen molar-refractivity contribution in [3.8, 4) is 17.2 Å². The normalized spacial score (nSPS) is 36.0. The van der Waals surface area contributed by atoms with Crippen molar-refractivity contribution in [2.24, 2.45) is 0 Å². The summed E-state index contributed by atoms with van der Waals surface area (Å²) in [6, 6.07) is 16.4. The van der Waals surface area contributed by atoms with Gasteiger partial charge in [0.05, 0.1) is 32.5 Å². The number of aliphatic hydroxyl groups is 12. The van der Waals surface area contributed by atoms with E-state index in [1.165, 1.54) is 79.9 Å². The zero-order valence-electron chi connectivity index (χ0n) is 50.2. The summed E-state index contributed by atoms with van der Waals surface area (Å²) in [5.74, 6) is -9.21. The SMILES string of the molecule is COc1cc(/C=C/C(=O)O[C@H]2[C@H](O[C@@H]3O[C@H](COC(C)=O)[C@H](O)[C@@H](O[C@@H]4O[C@H](CO)[C@H](O)[C@@H](O)[C@H]4O)[C@H]3O)[C@@H](O[C@@H]3O[C@@H](CO)[C@@H](O)[C@H](O)[C@H]3O)[C@@H](O[C@@]3(COC(=O)/C=C/c4ccc(O)cc4)O[C@H](CO)[C@@H](O)[C@@H]3OC(=O)c3ccccc3)O[C@@H]2COC(C)=O)ccc1O. The lowest BCUT2D eigenvalue weighted by molar-refractivity contribution is -0.423. The van der Waals surface area contributed by atoms with E-state index >= 15 is 0 Å². The molecule has 34 heteroatoms. The van der Waals surface area contributed by atoms with E-state index in [1.807, 2.05) is 0 Å². The van der Waals surface area contributed by atoms with Crippen LogP contribution in [0.4, 0.5) is 0 Å². The van der Waals surface area contributed by atoms with Crippen molar-refractivity contribution in [2.75, 3.05) is 46.8 Å². The Morgan fingerprint density at radius 1 is 0.500 bits per heavy atom. The molecule has 3 aromatic carbocycles. The van der Waals surface area contributed by atoms with Crippen LogP contribution in [0.5, 0.6) is 17.2 Å². The van der Waals surface area contributed by atoms with Gasteiger partial charge in [0.2, 0.25) is 5.79 Å². The second kappa shape index (κ2) is 32.7. The number of carbonyl (C=O) groups is 5. The molecular formula is C60H74O34. The zero-order chi connectivity index (χ0) is 68.3. The summed E-state index contributed by atoms with van der Waals surface area (Å²) in [4.78, 5) is 67.5. The van der Waals surface area contributed by atoms with Gasteiger partial charge < -0.3 is 143 Å². The van der Waals surface area contributed by atoms with Crippen LogP contribution >= 0.6 is 0 Å². The van der Waals surface area contributed by atoms with Crippen LogP contribution < -0.4 is 4.74 Å². The molecule has 0 aliphatic carbocycles. The smallest absolute Gasteiger partial charge is 0.338 e. The van der Waals surface area contributed by atoms with Crippen LogP contribution in [0.2, 0.25) is 0 Å². The summed E-state index contributed by atoms with van der Waals surface area (Å²) in [6.45, 7) is -4.50. The molecule has 0 aromatic heterocycles. The quantitative estimate of drug-likeness (QED) is 0.0215. The Kier molecular flexibility index (Phi) is 25.3. The molecule has 5 heterocycles. The maximum Gasteiger partial charge on any atom is 0.338 e. The number of phenols is 2. The minimum absolute atomic E-state index is 0.0402. The molecule has 0 radical (unpaired) electrons. The van der Waals surface area contributed by atoms with E-state index in [4.69, 9.17) is 71.1 Å². The van der Waals surface area contributed by atoms with Gasteiger partial charge in [-0.1, -0.05) is 36.4 Å². The number of benzene rings is 3. The minimum atomic E-state index is -3.01. The summed E-state index contributed by atoms with van der Waals surface area (Å²) >= 11 is 0. The topological polar surface area (TPSA) is 507 Å². The number of esters is 5. The number of rotatable bonds is 25. The highest BCUT2D eigenvalue weighted by molar-refractivity contribution is 5.90. The molecule has 14 N–H and O–H groups in total. The first-order valence-electron chi connectivity index (χ1n) is 29.1. The molecule has 5 aliphatic heterocycles. The maximum atomic E-state index is 14.4. The molecule has 0 spiro atoms. The first-order chi connectivity index (χ1) is 44.8. The molecule has 3 aromatic rings. The number of carbonyl (C=O) groups excluding carboxylic acids is 5. The first-order valence-corrected chi connectivity index (χ1v) is 29.1. The van der Waals surface area contributed by atoms with E-state index in [1.54, 1.807) is 6.07 Å². The van der Waals surface area contributed by atoms with Gasteiger partial charge in [-0.05, 0) is 59.7 Å². The lowest BCUT2D eigenvalue weighted by Crippen LogP contribution is -2.69. The van der Waals surface area contributed by atoms with Gasteiger partial charge in [0.15, 0.2) is 48.9 Å². The van der Waals surface area contributed by atoms with Crippen molar-refractivity contribution in [3.05, 3.63) is 102 Å². The largest absolute Gasteiger partial charge is 0.508 e. The Labute approximate surface area is 533 Å². The molecule has 34 nitrogen and oxygen atoms in total. The molecule has 0 amide bonds. The Morgan fingerprint density at radius 2 is 1.02 bits per heavy atom. The van der Waals surface area contributed by atoms with Crippen molar-refractivity contribution >= 4 is 42.0 Å². The van der Waals surface area contributed by atoms with Crippen LogP contribution in [0.25, 0.3) is 12.2 Å². The molecule has 94 heavy (non-hydrogen) atoms. The minimum Gasteiger partial charge on any atom is -0.508 e. The number of methoxy groups -OCH3 is 1. The van der Waals surface area contributed by atoms with Gasteiger partial charge in [-0.2, -0.15) is 0 Å². The standard InChI is InChI=1S/C60H74O34/c1-26(64)81-23-37-43(72)51(89-56-47(76)45(74)41(70)34(20-61)84-56)49(78)58(86-37)90-52-50(88-40(69)18-13-29-11-16-32(67)33(19-29)80-3)38(24-82-27(2)65)87-59(53(52)91-57-48(77)46(75)42(71)35(21-62)85-57)94-60(25-83-39(68)17-12-28-9-14-31(66)15-10-28)54(44(73)36(22-63)93-60)92-55(79)30-7-5-4-6-8-30/h4-19,34-38,41-54,56-59,61-63,66-67,70-78H,20-25H2,1-3H3/b17-12+,18-13+/t34-,35+,36-,37-,38-,41+,42-,43+,44-,45-,46+,47-,48-,49-,50-,51-,52+,53-,54+,56+,57+,58+,59-,60-/m1/s1. The summed E-state index contributed by atoms with van der Waals surface area (Å²) in [7, 11) is 1.25. The van der Waals surface area contributed by atoms with Gasteiger partial charge in [0.25, 0.3) is 0 Å². The van der Waals surface area contributed by atoms with Crippen molar-refractivity contribution < 1.29 is 167 Å². The highest BCUT2D eigenvalue weighted by Gasteiger charge is 2.64. The van der Waals surface area contributed by atoms with E-state index in [0.717, 1.165) is 32.1 Å². The Hall–Kier alpha value is -6.95. The van der Waals surface area contributed by atoms with Crippen molar-refractivity contribution in [2.45, 2.75) is 161 Å². The highest BCUT2D eigenvalue weighted by atomic mass is 16.8. The molecule has 0 unspecified atom stereocenters. The first kappa shape index (κ1) is 72.9. The third-order valence-electron chi connectivity index (χ3n) is 15.5. The molecule has 24 atom stereocenters. The fourth-order valence-corrected chi connectivity index (χ4v) is 10.5. The van der Waals surface area contributed by atoms with Crippen LogP contribution in [-0.4, -0.2) is 295 Å². The van der Waals surface area contributed by atoms with E-state index in [-0.39, 0.29) is 28.4 Å². The number of aromatic hydroxyl groups is 2. The third-order valence-corrected chi connectivity index (χ3v) is 15.5. The average Bonchev–Trinajstić information content (AvgIpc) is 1.37. The molecule has 8 rings (SSSR count). The fraction of sp³-hybridized carbons (Fsp3) is 0.550. The van der Waals surface area contributed by atoms with E-state index < -0.39 is 216 Å². The predicted molar refractivity (Wildman–Crippen MR) is 304 cm³/mol. The zero-order valence-corrected chi connectivity index (χ0v) is 50.2. The lowest BCUT2D eigenvalue weighted by atomic mass is 9.95. The van der Waals surface area contributed by atoms with Crippen molar-refractivity contribution in [3.63, 3.8) is 0 Å². The number of aliphatic hydroxyl groups excluding tert-OH is 12. The monoisotopic (exact) mass is 1340 g/mol. The second-order valence-corrected chi connectivity index (χ2v) is 22.0. The van der Waals surface area contributed by atoms with Crippen LogP contribution in [0, 0.1) is 0 Å². The Balaban J connectivity index is 1.31. The van der Waals surface area contributed by atoms with Gasteiger partial charge in [0, 0.05) is 26.0 Å². The predicted octanol–water partition coefficient (Wildman–Crippen LogP) is -4.97. The Morgan fingerprint density at radius 3 is 1.61 bits per heavy atom.